The zero-order valence-corrected chi connectivity index (χ0v) is 21.9. The number of imidazole rings is 1. The first-order chi connectivity index (χ1) is 16.9. The van der Waals surface area contributed by atoms with Crippen LogP contribution in [-0.4, -0.2) is 48.6 Å². The molecule has 0 aliphatic carbocycles. The number of amides is 2. The van der Waals surface area contributed by atoms with Crippen molar-refractivity contribution in [1.82, 2.24) is 24.6 Å². The van der Waals surface area contributed by atoms with Crippen LogP contribution in [0.2, 0.25) is 0 Å². The number of nitrogens with one attached hydrogen (secondary N) is 2. The number of aromatic nitrogens is 4. The van der Waals surface area contributed by atoms with Crippen molar-refractivity contribution < 1.29 is 19.4 Å². The van der Waals surface area contributed by atoms with E-state index in [1.807, 2.05) is 52.2 Å². The molecule has 2 heterocycles. The van der Waals surface area contributed by atoms with Crippen LogP contribution in [-0.2, 0) is 17.8 Å². The number of primary amides is 1. The molecule has 0 saturated heterocycles. The minimum Gasteiger partial charge on any atom is -0.444 e. The van der Waals surface area contributed by atoms with E-state index in [-0.39, 0.29) is 0 Å². The van der Waals surface area contributed by atoms with Crippen LogP contribution in [0.1, 0.15) is 74.1 Å². The summed E-state index contributed by atoms with van der Waals surface area (Å²) < 4.78 is 8.98. The van der Waals surface area contributed by atoms with E-state index in [1.165, 1.54) is 0 Å². The highest BCUT2D eigenvalue weighted by atomic mass is 16.6. The molecule has 2 aromatic heterocycles. The van der Waals surface area contributed by atoms with Gasteiger partial charge in [-0.05, 0) is 78.1 Å². The lowest BCUT2D eigenvalue weighted by molar-refractivity contribution is 0.0526. The Hall–Kier alpha value is -3.60. The lowest BCUT2D eigenvalue weighted by atomic mass is 10.1. The van der Waals surface area contributed by atoms with E-state index in [2.05, 4.69) is 20.7 Å². The van der Waals surface area contributed by atoms with Crippen LogP contribution in [0, 0.1) is 13.8 Å². The van der Waals surface area contributed by atoms with Gasteiger partial charge in [0.1, 0.15) is 5.60 Å². The van der Waals surface area contributed by atoms with Gasteiger partial charge >= 0.3 is 6.09 Å². The summed E-state index contributed by atoms with van der Waals surface area (Å²) in [6.45, 7) is 12.8. The molecule has 0 spiro atoms. The monoisotopic (exact) mass is 499 g/mol. The van der Waals surface area contributed by atoms with Crippen LogP contribution in [0.3, 0.4) is 0 Å². The average Bonchev–Trinajstić information content (AvgIpc) is 3.32. The zero-order valence-electron chi connectivity index (χ0n) is 21.9. The van der Waals surface area contributed by atoms with Gasteiger partial charge in [0, 0.05) is 25.2 Å². The number of hydrogen-bond acceptors (Lipinski definition) is 7. The Morgan fingerprint density at radius 3 is 2.56 bits per heavy atom. The number of rotatable bonds is 10. The first kappa shape index (κ1) is 27.0. The maximum Gasteiger partial charge on any atom is 0.407 e. The summed E-state index contributed by atoms with van der Waals surface area (Å²) in [6, 6.07) is 5.22. The van der Waals surface area contributed by atoms with E-state index in [0.717, 1.165) is 23.2 Å². The van der Waals surface area contributed by atoms with E-state index in [9.17, 15) is 14.7 Å². The van der Waals surface area contributed by atoms with Crippen molar-refractivity contribution in [2.24, 2.45) is 5.73 Å². The summed E-state index contributed by atoms with van der Waals surface area (Å²) in [4.78, 5) is 28.4. The number of anilines is 1. The molecule has 3 aromatic rings. The molecule has 1 aromatic carbocycles. The molecule has 0 aliphatic heterocycles. The second-order valence-corrected chi connectivity index (χ2v) is 9.82. The Kier molecular flexibility index (Phi) is 8.24. The van der Waals surface area contributed by atoms with Crippen LogP contribution in [0.5, 0.6) is 0 Å². The number of nitrogens with two attached hydrogens (primary N) is 1. The number of unbranched alkanes of at least 4 members (excludes halogenated alkanes) is 1. The molecule has 0 saturated carbocycles. The Morgan fingerprint density at radius 1 is 1.19 bits per heavy atom. The molecule has 196 valence electrons. The highest BCUT2D eigenvalue weighted by Gasteiger charge is 2.20. The van der Waals surface area contributed by atoms with Crippen LogP contribution < -0.4 is 16.4 Å². The molecule has 0 radical (unpaired) electrons. The number of alkyl carbamates (subject to hydrolysis) is 1. The Balaban J connectivity index is 1.82. The molecule has 5 N–H and O–H groups in total. The van der Waals surface area contributed by atoms with Crippen LogP contribution in [0.25, 0.3) is 11.0 Å². The smallest absolute Gasteiger partial charge is 0.407 e. The molecule has 1 atom stereocenters. The van der Waals surface area contributed by atoms with Crippen LogP contribution in [0.4, 0.5) is 10.7 Å². The van der Waals surface area contributed by atoms with Gasteiger partial charge in [-0.25, -0.2) is 9.78 Å². The van der Waals surface area contributed by atoms with Crippen molar-refractivity contribution in [1.29, 1.82) is 0 Å². The maximum atomic E-state index is 11.9. The Morgan fingerprint density at radius 2 is 1.92 bits per heavy atom. The van der Waals surface area contributed by atoms with Gasteiger partial charge in [-0.1, -0.05) is 0 Å². The summed E-state index contributed by atoms with van der Waals surface area (Å²) in [5.41, 5.74) is 9.05. The highest BCUT2D eigenvalue weighted by Crippen LogP contribution is 2.27. The second-order valence-electron chi connectivity index (χ2n) is 9.82. The normalized spacial score (nSPS) is 12.5. The number of nitrogens with zero attached hydrogens (tertiary/aromatic N) is 4. The van der Waals surface area contributed by atoms with E-state index in [4.69, 9.17) is 10.5 Å². The Labute approximate surface area is 211 Å². The lowest BCUT2D eigenvalue weighted by Gasteiger charge is -2.19. The summed E-state index contributed by atoms with van der Waals surface area (Å²) in [7, 11) is 0. The van der Waals surface area contributed by atoms with E-state index >= 15 is 0 Å². The third-order valence-corrected chi connectivity index (χ3v) is 5.57. The quantitative estimate of drug-likeness (QED) is 0.247. The molecule has 36 heavy (non-hydrogen) atoms. The molecular formula is C25H37N7O4. The molecule has 11 nitrogen and oxygen atoms in total. The van der Waals surface area contributed by atoms with Gasteiger partial charge in [0.2, 0.25) is 11.9 Å². The SMILES string of the molecule is CCn1nc(C)cc1C(O)Nc1nc2cc(C(N)=O)cc(C)c2n1CCCCNC(=O)OC(C)(C)C. The largest absolute Gasteiger partial charge is 0.444 e. The summed E-state index contributed by atoms with van der Waals surface area (Å²) in [6.07, 6.45) is -0.0407. The van der Waals surface area contributed by atoms with E-state index in [0.29, 0.717) is 48.8 Å². The first-order valence-electron chi connectivity index (χ1n) is 12.2. The number of aliphatic hydroxyl groups excluding tert-OH is 1. The minimum absolute atomic E-state index is 0.373. The fourth-order valence-corrected chi connectivity index (χ4v) is 4.08. The predicted molar refractivity (Wildman–Crippen MR) is 138 cm³/mol. The number of aliphatic hydroxyl groups is 1. The molecule has 11 heteroatoms. The van der Waals surface area contributed by atoms with Crippen molar-refractivity contribution in [3.63, 3.8) is 0 Å². The average molecular weight is 500 g/mol. The van der Waals surface area contributed by atoms with Gasteiger partial charge < -0.3 is 30.8 Å². The fourth-order valence-electron chi connectivity index (χ4n) is 4.08. The minimum atomic E-state index is -1.04. The van der Waals surface area contributed by atoms with Crippen molar-refractivity contribution in [3.8, 4) is 0 Å². The molecule has 0 fully saturated rings. The number of carbonyl (C=O) groups is 2. The van der Waals surface area contributed by atoms with Gasteiger partial charge in [0.15, 0.2) is 6.23 Å². The Bertz CT molecular complexity index is 1240. The van der Waals surface area contributed by atoms with Gasteiger partial charge in [-0.15, -0.1) is 0 Å². The van der Waals surface area contributed by atoms with Crippen LogP contribution >= 0.6 is 0 Å². The summed E-state index contributed by atoms with van der Waals surface area (Å²) in [5, 5.41) is 21.2. The number of fused-ring (bicyclic) bond motifs is 1. The van der Waals surface area contributed by atoms with Gasteiger partial charge in [0.25, 0.3) is 0 Å². The van der Waals surface area contributed by atoms with Crippen molar-refractivity contribution in [3.05, 3.63) is 40.7 Å². The predicted octanol–water partition coefficient (Wildman–Crippen LogP) is 3.38. The third kappa shape index (κ3) is 6.54. The maximum absolute atomic E-state index is 11.9. The van der Waals surface area contributed by atoms with Crippen molar-refractivity contribution >= 4 is 29.0 Å². The zero-order chi connectivity index (χ0) is 26.6. The molecule has 2 amide bonds. The van der Waals surface area contributed by atoms with E-state index < -0.39 is 23.8 Å². The molecule has 0 bridgehead atoms. The standard InChI is InChI=1S/C25H37N7O4/c1-7-32-19(13-16(3)30-32)22(34)29-23-28-18-14-17(21(26)33)12-15(2)20(18)31(23)11-9-8-10-27-24(35)36-25(4,5)6/h12-14,22,34H,7-11H2,1-6H3,(H2,26,33)(H,27,35)(H,28,29). The topological polar surface area (TPSA) is 149 Å². The fraction of sp³-hybridized carbons (Fsp3) is 0.520. The number of carbonyl (C=O) groups excluding carboxylic acids is 2. The van der Waals surface area contributed by atoms with Crippen molar-refractivity contribution in [2.45, 2.75) is 79.3 Å². The van der Waals surface area contributed by atoms with E-state index in [1.54, 1.807) is 16.8 Å². The van der Waals surface area contributed by atoms with Gasteiger partial charge in [-0.3, -0.25) is 9.48 Å². The molecular weight excluding hydrogens is 462 g/mol. The molecule has 1 unspecified atom stereocenters. The first-order valence-corrected chi connectivity index (χ1v) is 12.2. The van der Waals surface area contributed by atoms with Gasteiger partial charge in [0.05, 0.1) is 22.4 Å². The number of aryl methyl sites for hydroxylation is 4. The molecule has 0 aliphatic rings. The highest BCUT2D eigenvalue weighted by molar-refractivity contribution is 5.97. The summed E-state index contributed by atoms with van der Waals surface area (Å²) in [5.74, 6) is -0.0662. The second kappa shape index (κ2) is 11.0. The number of benzene rings is 1. The van der Waals surface area contributed by atoms with Gasteiger partial charge in [-0.2, -0.15) is 5.10 Å². The lowest BCUT2D eigenvalue weighted by Crippen LogP contribution is -2.33. The van der Waals surface area contributed by atoms with Crippen molar-refractivity contribution in [2.75, 3.05) is 11.9 Å². The third-order valence-electron chi connectivity index (χ3n) is 5.57. The summed E-state index contributed by atoms with van der Waals surface area (Å²) >= 11 is 0. The number of hydrogen-bond donors (Lipinski definition) is 4. The van der Waals surface area contributed by atoms with Crippen LogP contribution in [0.15, 0.2) is 18.2 Å². The molecule has 3 rings (SSSR count). The number of ether oxygens (including phenoxy) is 1.